The Labute approximate surface area is 88.1 Å². The van der Waals surface area contributed by atoms with Crippen molar-refractivity contribution < 1.29 is 5.11 Å². The standard InChI is InChI=1S/C12H25NO/c1-3-12(14)10(2)11-8-6-4-5-7-9-13-11/h10-14H,3-9H2,1-2H3. The first kappa shape index (κ1) is 12.0. The number of rotatable bonds is 3. The second-order valence-electron chi connectivity index (χ2n) is 4.60. The quantitative estimate of drug-likeness (QED) is 0.731. The maximum absolute atomic E-state index is 9.80. The summed E-state index contributed by atoms with van der Waals surface area (Å²) in [5, 5.41) is 13.4. The van der Waals surface area contributed by atoms with E-state index in [4.69, 9.17) is 0 Å². The van der Waals surface area contributed by atoms with Gasteiger partial charge in [0, 0.05) is 6.04 Å². The summed E-state index contributed by atoms with van der Waals surface area (Å²) in [5.74, 6) is 0.401. The molecule has 3 unspecified atom stereocenters. The van der Waals surface area contributed by atoms with Gasteiger partial charge in [-0.3, -0.25) is 0 Å². The lowest BCUT2D eigenvalue weighted by atomic mass is 9.89. The summed E-state index contributed by atoms with van der Waals surface area (Å²) >= 11 is 0. The maximum atomic E-state index is 9.80. The van der Waals surface area contributed by atoms with Gasteiger partial charge in [0.2, 0.25) is 0 Å². The van der Waals surface area contributed by atoms with Gasteiger partial charge in [-0.2, -0.15) is 0 Å². The molecule has 0 bridgehead atoms. The molecule has 14 heavy (non-hydrogen) atoms. The highest BCUT2D eigenvalue weighted by Crippen LogP contribution is 2.19. The zero-order valence-electron chi connectivity index (χ0n) is 9.63. The average molecular weight is 199 g/mol. The Morgan fingerprint density at radius 1 is 1.29 bits per heavy atom. The zero-order valence-corrected chi connectivity index (χ0v) is 9.63. The van der Waals surface area contributed by atoms with Crippen LogP contribution in [-0.2, 0) is 0 Å². The summed E-state index contributed by atoms with van der Waals surface area (Å²) in [6.45, 7) is 5.36. The normalized spacial score (nSPS) is 28.9. The Hall–Kier alpha value is -0.0800. The first-order chi connectivity index (χ1) is 6.75. The molecule has 1 saturated heterocycles. The maximum Gasteiger partial charge on any atom is 0.0578 e. The predicted molar refractivity (Wildman–Crippen MR) is 60.3 cm³/mol. The SMILES string of the molecule is CCC(O)C(C)C1CCCCCCN1. The summed E-state index contributed by atoms with van der Waals surface area (Å²) < 4.78 is 0. The predicted octanol–water partition coefficient (Wildman–Crippen LogP) is 2.32. The summed E-state index contributed by atoms with van der Waals surface area (Å²) in [6, 6.07) is 0.533. The van der Waals surface area contributed by atoms with Crippen LogP contribution < -0.4 is 5.32 Å². The number of hydrogen-bond acceptors (Lipinski definition) is 2. The Morgan fingerprint density at radius 3 is 2.71 bits per heavy atom. The van der Waals surface area contributed by atoms with Crippen LogP contribution in [0.3, 0.4) is 0 Å². The van der Waals surface area contributed by atoms with Crippen LogP contribution in [-0.4, -0.2) is 23.8 Å². The van der Waals surface area contributed by atoms with Crippen LogP contribution in [0.2, 0.25) is 0 Å². The third-order valence-corrected chi connectivity index (χ3v) is 3.51. The molecule has 0 aromatic heterocycles. The molecule has 2 nitrogen and oxygen atoms in total. The molecule has 84 valence electrons. The molecule has 0 radical (unpaired) electrons. The van der Waals surface area contributed by atoms with Crippen LogP contribution >= 0.6 is 0 Å². The summed E-state index contributed by atoms with van der Waals surface area (Å²) in [4.78, 5) is 0. The number of nitrogens with one attached hydrogen (secondary N) is 1. The van der Waals surface area contributed by atoms with Crippen LogP contribution in [0.25, 0.3) is 0 Å². The van der Waals surface area contributed by atoms with E-state index >= 15 is 0 Å². The van der Waals surface area contributed by atoms with Crippen molar-refractivity contribution in [2.24, 2.45) is 5.92 Å². The largest absolute Gasteiger partial charge is 0.393 e. The van der Waals surface area contributed by atoms with E-state index in [0.29, 0.717) is 12.0 Å². The van der Waals surface area contributed by atoms with E-state index in [1.54, 1.807) is 0 Å². The van der Waals surface area contributed by atoms with Crippen molar-refractivity contribution in [1.82, 2.24) is 5.32 Å². The van der Waals surface area contributed by atoms with Gasteiger partial charge in [0.1, 0.15) is 0 Å². The Morgan fingerprint density at radius 2 is 2.00 bits per heavy atom. The first-order valence-electron chi connectivity index (χ1n) is 6.17. The second kappa shape index (κ2) is 6.41. The Bertz CT molecular complexity index is 141. The van der Waals surface area contributed by atoms with Crippen LogP contribution in [0.15, 0.2) is 0 Å². The Balaban J connectivity index is 2.38. The van der Waals surface area contributed by atoms with Gasteiger partial charge < -0.3 is 10.4 Å². The molecule has 1 fully saturated rings. The van der Waals surface area contributed by atoms with E-state index < -0.39 is 0 Å². The molecule has 3 atom stereocenters. The Kier molecular flexibility index (Phi) is 5.49. The molecule has 1 heterocycles. The van der Waals surface area contributed by atoms with Crippen LogP contribution in [0.5, 0.6) is 0 Å². The van der Waals surface area contributed by atoms with Crippen molar-refractivity contribution >= 4 is 0 Å². The minimum Gasteiger partial charge on any atom is -0.393 e. The third-order valence-electron chi connectivity index (χ3n) is 3.51. The van der Waals surface area contributed by atoms with E-state index in [1.165, 1.54) is 32.1 Å². The van der Waals surface area contributed by atoms with E-state index in [2.05, 4.69) is 19.2 Å². The lowest BCUT2D eigenvalue weighted by Crippen LogP contribution is -2.41. The summed E-state index contributed by atoms with van der Waals surface area (Å²) in [5.41, 5.74) is 0. The van der Waals surface area contributed by atoms with Crippen molar-refractivity contribution in [2.75, 3.05) is 6.54 Å². The van der Waals surface area contributed by atoms with E-state index in [1.807, 2.05) is 0 Å². The van der Waals surface area contributed by atoms with Crippen molar-refractivity contribution in [2.45, 2.75) is 64.5 Å². The van der Waals surface area contributed by atoms with Gasteiger partial charge in [-0.15, -0.1) is 0 Å². The zero-order chi connectivity index (χ0) is 10.4. The van der Waals surface area contributed by atoms with Crippen molar-refractivity contribution in [3.8, 4) is 0 Å². The van der Waals surface area contributed by atoms with E-state index in [9.17, 15) is 5.11 Å². The second-order valence-corrected chi connectivity index (χ2v) is 4.60. The van der Waals surface area contributed by atoms with Gasteiger partial charge in [-0.1, -0.05) is 33.1 Å². The van der Waals surface area contributed by atoms with E-state index in [-0.39, 0.29) is 6.10 Å². The molecule has 0 aromatic rings. The minimum atomic E-state index is -0.132. The van der Waals surface area contributed by atoms with Crippen LogP contribution in [0.1, 0.15) is 52.4 Å². The fraction of sp³-hybridized carbons (Fsp3) is 1.00. The number of aliphatic hydroxyl groups is 1. The van der Waals surface area contributed by atoms with E-state index in [0.717, 1.165) is 13.0 Å². The average Bonchev–Trinajstić information content (AvgIpc) is 2.15. The highest BCUT2D eigenvalue weighted by molar-refractivity contribution is 4.79. The molecule has 0 spiro atoms. The van der Waals surface area contributed by atoms with Gasteiger partial charge in [0.05, 0.1) is 6.10 Å². The number of hydrogen-bond donors (Lipinski definition) is 2. The molecule has 0 saturated carbocycles. The van der Waals surface area contributed by atoms with Crippen molar-refractivity contribution in [1.29, 1.82) is 0 Å². The third kappa shape index (κ3) is 3.58. The molecule has 0 aromatic carbocycles. The lowest BCUT2D eigenvalue weighted by molar-refractivity contribution is 0.0859. The fourth-order valence-corrected chi connectivity index (χ4v) is 2.32. The first-order valence-corrected chi connectivity index (χ1v) is 6.17. The van der Waals surface area contributed by atoms with Crippen LogP contribution in [0, 0.1) is 5.92 Å². The molecular formula is C12H25NO. The molecule has 0 aliphatic carbocycles. The highest BCUT2D eigenvalue weighted by atomic mass is 16.3. The lowest BCUT2D eigenvalue weighted by Gasteiger charge is -2.30. The molecule has 1 aliphatic rings. The van der Waals surface area contributed by atoms with Crippen molar-refractivity contribution in [3.05, 3.63) is 0 Å². The number of aliphatic hydroxyl groups excluding tert-OH is 1. The van der Waals surface area contributed by atoms with Crippen molar-refractivity contribution in [3.63, 3.8) is 0 Å². The smallest absolute Gasteiger partial charge is 0.0578 e. The van der Waals surface area contributed by atoms with Gasteiger partial charge in [0.15, 0.2) is 0 Å². The monoisotopic (exact) mass is 199 g/mol. The minimum absolute atomic E-state index is 0.132. The molecule has 2 heteroatoms. The fourth-order valence-electron chi connectivity index (χ4n) is 2.32. The van der Waals surface area contributed by atoms with Gasteiger partial charge in [-0.25, -0.2) is 0 Å². The summed E-state index contributed by atoms with van der Waals surface area (Å²) in [6.07, 6.45) is 7.32. The topological polar surface area (TPSA) is 32.3 Å². The van der Waals surface area contributed by atoms with Gasteiger partial charge in [0.25, 0.3) is 0 Å². The van der Waals surface area contributed by atoms with Gasteiger partial charge >= 0.3 is 0 Å². The molecule has 1 aliphatic heterocycles. The van der Waals surface area contributed by atoms with Gasteiger partial charge in [-0.05, 0) is 31.7 Å². The molecule has 0 amide bonds. The molecular weight excluding hydrogens is 174 g/mol. The highest BCUT2D eigenvalue weighted by Gasteiger charge is 2.22. The summed E-state index contributed by atoms with van der Waals surface area (Å²) in [7, 11) is 0. The molecule has 2 N–H and O–H groups in total. The van der Waals surface area contributed by atoms with Crippen LogP contribution in [0.4, 0.5) is 0 Å². The molecule has 1 rings (SSSR count).